The van der Waals surface area contributed by atoms with Gasteiger partial charge in [0.2, 0.25) is 0 Å². The fourth-order valence-corrected chi connectivity index (χ4v) is 3.43. The Hall–Kier alpha value is -1.37. The van der Waals surface area contributed by atoms with E-state index in [2.05, 4.69) is 13.0 Å². The predicted molar refractivity (Wildman–Crippen MR) is 82.4 cm³/mol. The highest BCUT2D eigenvalue weighted by atomic mass is 16.5. The van der Waals surface area contributed by atoms with Crippen LogP contribution < -0.4 is 0 Å². The van der Waals surface area contributed by atoms with E-state index in [0.29, 0.717) is 12.5 Å². The van der Waals surface area contributed by atoms with E-state index in [1.165, 1.54) is 0 Å². The molecule has 1 N–H and O–H groups in total. The molecule has 1 fully saturated rings. The molecule has 21 heavy (non-hydrogen) atoms. The lowest BCUT2D eigenvalue weighted by atomic mass is 9.66. The van der Waals surface area contributed by atoms with E-state index >= 15 is 0 Å². The third-order valence-electron chi connectivity index (χ3n) is 4.97. The predicted octanol–water partition coefficient (Wildman–Crippen LogP) is 3.98. The number of rotatable bonds is 5. The van der Waals surface area contributed by atoms with Gasteiger partial charge in [-0.2, -0.15) is 5.26 Å². The van der Waals surface area contributed by atoms with Crippen molar-refractivity contribution in [2.75, 3.05) is 7.11 Å². The van der Waals surface area contributed by atoms with Crippen LogP contribution in [0.1, 0.15) is 56.3 Å². The molecule has 0 aliphatic heterocycles. The van der Waals surface area contributed by atoms with E-state index < -0.39 is 11.5 Å². The summed E-state index contributed by atoms with van der Waals surface area (Å²) >= 11 is 0. The second-order valence-electron chi connectivity index (χ2n) is 6.15. The van der Waals surface area contributed by atoms with Crippen molar-refractivity contribution in [1.29, 1.82) is 5.26 Å². The van der Waals surface area contributed by atoms with Crippen molar-refractivity contribution in [2.45, 2.75) is 51.7 Å². The Bertz CT molecular complexity index is 498. The van der Waals surface area contributed by atoms with Crippen LogP contribution in [0.2, 0.25) is 0 Å². The van der Waals surface area contributed by atoms with Gasteiger partial charge in [-0.25, -0.2) is 0 Å². The van der Waals surface area contributed by atoms with Crippen LogP contribution in [0.5, 0.6) is 0 Å². The molecule has 1 aliphatic rings. The van der Waals surface area contributed by atoms with Gasteiger partial charge in [-0.15, -0.1) is 0 Å². The number of benzene rings is 1. The molecule has 1 atom stereocenters. The lowest BCUT2D eigenvalue weighted by Gasteiger charge is -2.38. The highest BCUT2D eigenvalue weighted by Crippen LogP contribution is 2.48. The molecule has 1 aromatic rings. The van der Waals surface area contributed by atoms with Crippen LogP contribution in [-0.2, 0) is 11.3 Å². The normalized spacial score (nSPS) is 27.0. The summed E-state index contributed by atoms with van der Waals surface area (Å²) in [7, 11) is 1.65. The van der Waals surface area contributed by atoms with Gasteiger partial charge < -0.3 is 9.84 Å². The summed E-state index contributed by atoms with van der Waals surface area (Å²) in [5.41, 5.74) is 1.17. The second-order valence-corrected chi connectivity index (χ2v) is 6.15. The zero-order chi connectivity index (χ0) is 15.3. The van der Waals surface area contributed by atoms with Gasteiger partial charge in [-0.1, -0.05) is 37.6 Å². The van der Waals surface area contributed by atoms with E-state index in [0.717, 1.165) is 43.2 Å². The third-order valence-corrected chi connectivity index (χ3v) is 4.97. The second kappa shape index (κ2) is 7.06. The standard InChI is InChI=1S/C18H25NO2/c1-3-14-8-10-18(13-19,11-9-14)17(20)16-7-5-4-6-15(16)12-21-2/h4-7,14,17,20H,3,8-12H2,1-2H3. The lowest BCUT2D eigenvalue weighted by Crippen LogP contribution is -2.33. The van der Waals surface area contributed by atoms with Gasteiger partial charge in [-0.3, -0.25) is 0 Å². The Morgan fingerprint density at radius 1 is 1.38 bits per heavy atom. The van der Waals surface area contributed by atoms with Gasteiger partial charge >= 0.3 is 0 Å². The van der Waals surface area contributed by atoms with Crippen molar-refractivity contribution in [1.82, 2.24) is 0 Å². The van der Waals surface area contributed by atoms with Crippen molar-refractivity contribution >= 4 is 0 Å². The molecule has 3 heteroatoms. The Kier molecular flexibility index (Phi) is 5.39. The molecule has 1 aliphatic carbocycles. The van der Waals surface area contributed by atoms with Gasteiger partial charge in [0.15, 0.2) is 0 Å². The van der Waals surface area contributed by atoms with E-state index in [1.807, 2.05) is 24.3 Å². The maximum absolute atomic E-state index is 10.9. The molecule has 1 aromatic carbocycles. The van der Waals surface area contributed by atoms with Crippen LogP contribution in [0.3, 0.4) is 0 Å². The van der Waals surface area contributed by atoms with Gasteiger partial charge in [0.25, 0.3) is 0 Å². The molecule has 3 nitrogen and oxygen atoms in total. The molecule has 0 heterocycles. The first-order valence-corrected chi connectivity index (χ1v) is 7.83. The summed E-state index contributed by atoms with van der Waals surface area (Å²) in [6, 6.07) is 10.2. The van der Waals surface area contributed by atoms with Crippen LogP contribution in [0.15, 0.2) is 24.3 Å². The highest BCUT2D eigenvalue weighted by molar-refractivity contribution is 5.32. The van der Waals surface area contributed by atoms with Gasteiger partial charge in [0.1, 0.15) is 0 Å². The van der Waals surface area contributed by atoms with Crippen molar-refractivity contribution in [2.24, 2.45) is 11.3 Å². The Labute approximate surface area is 127 Å². The first-order valence-electron chi connectivity index (χ1n) is 7.83. The number of methoxy groups -OCH3 is 1. The van der Waals surface area contributed by atoms with E-state index in [1.54, 1.807) is 7.11 Å². The number of nitrogens with zero attached hydrogens (tertiary/aromatic N) is 1. The van der Waals surface area contributed by atoms with Crippen LogP contribution in [0.4, 0.5) is 0 Å². The van der Waals surface area contributed by atoms with Crippen molar-refractivity contribution in [3.63, 3.8) is 0 Å². The average molecular weight is 287 g/mol. The van der Waals surface area contributed by atoms with Crippen molar-refractivity contribution in [3.8, 4) is 6.07 Å². The highest BCUT2D eigenvalue weighted by Gasteiger charge is 2.42. The minimum atomic E-state index is -0.730. The van der Waals surface area contributed by atoms with E-state index in [-0.39, 0.29) is 0 Å². The minimum absolute atomic E-state index is 0.465. The summed E-state index contributed by atoms with van der Waals surface area (Å²) in [4.78, 5) is 0. The molecule has 1 unspecified atom stereocenters. The number of nitriles is 1. The molecule has 114 valence electrons. The Morgan fingerprint density at radius 3 is 2.62 bits per heavy atom. The number of aliphatic hydroxyl groups excluding tert-OH is 1. The summed E-state index contributed by atoms with van der Waals surface area (Å²) < 4.78 is 5.21. The Balaban J connectivity index is 2.25. The van der Waals surface area contributed by atoms with Crippen LogP contribution in [-0.4, -0.2) is 12.2 Å². The van der Waals surface area contributed by atoms with Gasteiger partial charge in [-0.05, 0) is 42.7 Å². The summed E-state index contributed by atoms with van der Waals surface area (Å²) in [5, 5.41) is 20.6. The molecule has 2 rings (SSSR count). The maximum Gasteiger partial charge on any atom is 0.0979 e. The number of ether oxygens (including phenoxy) is 1. The summed E-state index contributed by atoms with van der Waals surface area (Å²) in [6.45, 7) is 2.67. The quantitative estimate of drug-likeness (QED) is 0.891. The van der Waals surface area contributed by atoms with Gasteiger partial charge in [0.05, 0.1) is 24.2 Å². The largest absolute Gasteiger partial charge is 0.387 e. The van der Waals surface area contributed by atoms with E-state index in [4.69, 9.17) is 4.74 Å². The molecule has 0 saturated heterocycles. The number of hydrogen-bond donors (Lipinski definition) is 1. The molecule has 1 saturated carbocycles. The minimum Gasteiger partial charge on any atom is -0.387 e. The first-order chi connectivity index (χ1) is 10.2. The summed E-state index contributed by atoms with van der Waals surface area (Å²) in [6.07, 6.45) is 4.07. The monoisotopic (exact) mass is 287 g/mol. The van der Waals surface area contributed by atoms with Crippen LogP contribution in [0.25, 0.3) is 0 Å². The molecular weight excluding hydrogens is 262 g/mol. The zero-order valence-electron chi connectivity index (χ0n) is 13.0. The lowest BCUT2D eigenvalue weighted by molar-refractivity contribution is 0.0225. The number of aliphatic hydroxyl groups is 1. The molecular formula is C18H25NO2. The van der Waals surface area contributed by atoms with Crippen LogP contribution in [0, 0.1) is 22.7 Å². The molecule has 0 spiro atoms. The van der Waals surface area contributed by atoms with Gasteiger partial charge in [0, 0.05) is 7.11 Å². The first kappa shape index (κ1) is 16.0. The SMILES string of the molecule is CCC1CCC(C#N)(C(O)c2ccccc2COC)CC1. The Morgan fingerprint density at radius 2 is 2.05 bits per heavy atom. The summed E-state index contributed by atoms with van der Waals surface area (Å²) in [5.74, 6) is 0.702. The van der Waals surface area contributed by atoms with Crippen molar-refractivity contribution < 1.29 is 9.84 Å². The smallest absolute Gasteiger partial charge is 0.0979 e. The number of hydrogen-bond acceptors (Lipinski definition) is 3. The fraction of sp³-hybridized carbons (Fsp3) is 0.611. The molecule has 0 amide bonds. The molecule has 0 bridgehead atoms. The third kappa shape index (κ3) is 3.28. The fourth-order valence-electron chi connectivity index (χ4n) is 3.43. The maximum atomic E-state index is 10.9. The van der Waals surface area contributed by atoms with Crippen LogP contribution >= 0.6 is 0 Å². The zero-order valence-corrected chi connectivity index (χ0v) is 13.0. The molecule has 0 radical (unpaired) electrons. The topological polar surface area (TPSA) is 53.2 Å². The van der Waals surface area contributed by atoms with E-state index in [9.17, 15) is 10.4 Å². The van der Waals surface area contributed by atoms with Crippen molar-refractivity contribution in [3.05, 3.63) is 35.4 Å². The molecule has 0 aromatic heterocycles. The average Bonchev–Trinajstić information content (AvgIpc) is 2.55.